The number of rotatable bonds is 4. The maximum Gasteiger partial charge on any atom is 0.266 e. The van der Waals surface area contributed by atoms with Crippen LogP contribution in [0.1, 0.15) is 23.9 Å². The summed E-state index contributed by atoms with van der Waals surface area (Å²) in [5, 5.41) is 3.00. The summed E-state index contributed by atoms with van der Waals surface area (Å²) in [5.41, 5.74) is 4.88. The van der Waals surface area contributed by atoms with E-state index in [0.717, 1.165) is 22.6 Å². The Morgan fingerprint density at radius 1 is 0.971 bits per heavy atom. The van der Waals surface area contributed by atoms with Gasteiger partial charge in [0.25, 0.3) is 5.91 Å². The summed E-state index contributed by atoms with van der Waals surface area (Å²) in [4.78, 5) is 20.0. The molecule has 0 unspecified atom stereocenters. The maximum absolute atomic E-state index is 13.3. The molecule has 0 N–H and O–H groups in total. The number of aromatic nitrogens is 1. The Bertz CT molecular complexity index is 1470. The molecule has 170 valence electrons. The fourth-order valence-electron chi connectivity index (χ4n) is 4.28. The molecule has 2 heterocycles. The molecule has 34 heavy (non-hydrogen) atoms. The highest BCUT2D eigenvalue weighted by Gasteiger charge is 2.32. The quantitative estimate of drug-likeness (QED) is 0.302. The summed E-state index contributed by atoms with van der Waals surface area (Å²) in [6.45, 7) is 6.59. The van der Waals surface area contributed by atoms with Crippen LogP contribution in [0, 0.1) is 19.7 Å². The summed E-state index contributed by atoms with van der Waals surface area (Å²) in [5.74, 6) is -0.377. The minimum absolute atomic E-state index is 0.0659. The van der Waals surface area contributed by atoms with Crippen molar-refractivity contribution in [2.75, 3.05) is 6.54 Å². The fourth-order valence-corrected chi connectivity index (χ4v) is 5.34. The molecule has 4 nitrogen and oxygen atoms in total. The van der Waals surface area contributed by atoms with Crippen LogP contribution in [0.3, 0.4) is 0 Å². The van der Waals surface area contributed by atoms with Gasteiger partial charge in [-0.25, -0.2) is 9.38 Å². The number of carbonyl (C=O) groups excluding carboxylic acids is 1. The highest BCUT2D eigenvalue weighted by Crippen LogP contribution is 2.35. The number of amides is 1. The number of thioether (sulfide) groups is 1. The van der Waals surface area contributed by atoms with Gasteiger partial charge in [0.15, 0.2) is 5.17 Å². The normalized spacial score (nSPS) is 16.4. The first-order valence-electron chi connectivity index (χ1n) is 11.2. The first kappa shape index (κ1) is 22.2. The highest BCUT2D eigenvalue weighted by molar-refractivity contribution is 8.18. The van der Waals surface area contributed by atoms with Crippen molar-refractivity contribution < 1.29 is 9.18 Å². The van der Waals surface area contributed by atoms with Crippen molar-refractivity contribution in [3.63, 3.8) is 0 Å². The molecule has 1 amide bonds. The zero-order chi connectivity index (χ0) is 23.8. The van der Waals surface area contributed by atoms with Crippen LogP contribution in [-0.2, 0) is 4.79 Å². The first-order chi connectivity index (χ1) is 16.4. The Balaban J connectivity index is 1.50. The Hall–Kier alpha value is -3.64. The number of nitrogens with zero attached hydrogens (tertiary/aromatic N) is 3. The first-order valence-corrected chi connectivity index (χ1v) is 12.0. The molecule has 0 spiro atoms. The van der Waals surface area contributed by atoms with E-state index in [1.807, 2.05) is 25.1 Å². The SMILES string of the molecule is CCN1C(=O)/C(=C\c2cc(C)n(-c3ccc4ccccc4c3)c2C)SC1=Nc1ccc(F)cc1. The van der Waals surface area contributed by atoms with Crippen molar-refractivity contribution in [1.82, 2.24) is 9.47 Å². The Kier molecular flexibility index (Phi) is 5.84. The lowest BCUT2D eigenvalue weighted by Gasteiger charge is -2.12. The van der Waals surface area contributed by atoms with Gasteiger partial charge in [-0.2, -0.15) is 0 Å². The molecule has 1 saturated heterocycles. The molecule has 0 atom stereocenters. The van der Waals surface area contributed by atoms with Crippen LogP contribution >= 0.6 is 11.8 Å². The van der Waals surface area contributed by atoms with Gasteiger partial charge in [0.1, 0.15) is 5.82 Å². The summed E-state index contributed by atoms with van der Waals surface area (Å²) in [6, 6.07) is 22.8. The number of likely N-dealkylation sites (N-methyl/N-ethyl adjacent to an activating group) is 1. The summed E-state index contributed by atoms with van der Waals surface area (Å²) in [6.07, 6.45) is 1.95. The van der Waals surface area contributed by atoms with Gasteiger partial charge in [-0.05, 0) is 97.4 Å². The van der Waals surface area contributed by atoms with Crippen LogP contribution in [0.2, 0.25) is 0 Å². The average molecular weight is 470 g/mol. The maximum atomic E-state index is 13.3. The van der Waals surface area contributed by atoms with Gasteiger partial charge in [0, 0.05) is 23.6 Å². The van der Waals surface area contributed by atoms with Crippen LogP contribution in [0.4, 0.5) is 10.1 Å². The lowest BCUT2D eigenvalue weighted by atomic mass is 10.1. The number of benzene rings is 3. The molecular weight excluding hydrogens is 445 g/mol. The number of aryl methyl sites for hydroxylation is 1. The van der Waals surface area contributed by atoms with Crippen LogP contribution in [0.25, 0.3) is 22.5 Å². The molecule has 0 aliphatic carbocycles. The van der Waals surface area contributed by atoms with Gasteiger partial charge >= 0.3 is 0 Å². The molecule has 5 rings (SSSR count). The van der Waals surface area contributed by atoms with Gasteiger partial charge in [-0.3, -0.25) is 9.69 Å². The summed E-state index contributed by atoms with van der Waals surface area (Å²) >= 11 is 1.35. The third-order valence-electron chi connectivity index (χ3n) is 6.00. The van der Waals surface area contributed by atoms with Crippen molar-refractivity contribution in [2.24, 2.45) is 4.99 Å². The lowest BCUT2D eigenvalue weighted by Crippen LogP contribution is -2.28. The number of fused-ring (bicyclic) bond motifs is 1. The smallest absolute Gasteiger partial charge is 0.266 e. The van der Waals surface area contributed by atoms with E-state index in [1.54, 1.807) is 17.0 Å². The molecule has 3 aromatic carbocycles. The van der Waals surface area contributed by atoms with Gasteiger partial charge in [-0.1, -0.05) is 30.3 Å². The molecule has 0 radical (unpaired) electrons. The molecule has 1 aliphatic rings. The van der Waals surface area contributed by atoms with E-state index < -0.39 is 0 Å². The van der Waals surface area contributed by atoms with Crippen molar-refractivity contribution in [3.8, 4) is 5.69 Å². The molecule has 1 aliphatic heterocycles. The molecule has 1 fully saturated rings. The van der Waals surface area contributed by atoms with Crippen molar-refractivity contribution in [1.29, 1.82) is 0 Å². The standard InChI is InChI=1S/C28H24FN3OS/c1-4-31-27(33)26(34-28(31)30-24-12-10-23(29)11-13-24)17-22-15-18(2)32(19(22)3)25-14-9-20-7-5-6-8-21(20)16-25/h5-17H,4H2,1-3H3/b26-17+,30-28?. The molecular formula is C28H24FN3OS. The monoisotopic (exact) mass is 469 g/mol. The highest BCUT2D eigenvalue weighted by atomic mass is 32.2. The number of carbonyl (C=O) groups is 1. The van der Waals surface area contributed by atoms with Crippen LogP contribution in [-0.4, -0.2) is 27.1 Å². The second-order valence-corrected chi connectivity index (χ2v) is 9.23. The van der Waals surface area contributed by atoms with Gasteiger partial charge < -0.3 is 4.57 Å². The number of amidine groups is 1. The predicted octanol–water partition coefficient (Wildman–Crippen LogP) is 7.01. The number of halogens is 1. The Labute approximate surface area is 202 Å². The molecule has 6 heteroatoms. The Morgan fingerprint density at radius 2 is 1.71 bits per heavy atom. The molecule has 4 aromatic rings. The molecule has 0 bridgehead atoms. The summed E-state index contributed by atoms with van der Waals surface area (Å²) < 4.78 is 15.5. The average Bonchev–Trinajstić information content (AvgIpc) is 3.29. The van der Waals surface area contributed by atoms with E-state index in [2.05, 4.69) is 59.8 Å². The van der Waals surface area contributed by atoms with Crippen LogP contribution in [0.15, 0.2) is 82.7 Å². The Morgan fingerprint density at radius 3 is 2.44 bits per heavy atom. The minimum Gasteiger partial charge on any atom is -0.318 e. The molecule has 1 aromatic heterocycles. The summed E-state index contributed by atoms with van der Waals surface area (Å²) in [7, 11) is 0. The van der Waals surface area contributed by atoms with Crippen molar-refractivity contribution >= 4 is 45.4 Å². The second-order valence-electron chi connectivity index (χ2n) is 8.22. The zero-order valence-corrected chi connectivity index (χ0v) is 20.1. The predicted molar refractivity (Wildman–Crippen MR) is 139 cm³/mol. The number of hydrogen-bond acceptors (Lipinski definition) is 3. The van der Waals surface area contributed by atoms with Crippen LogP contribution < -0.4 is 0 Å². The van der Waals surface area contributed by atoms with E-state index in [4.69, 9.17) is 0 Å². The van der Waals surface area contributed by atoms with E-state index in [-0.39, 0.29) is 11.7 Å². The number of aliphatic imine (C=N–C) groups is 1. The third kappa shape index (κ3) is 4.05. The van der Waals surface area contributed by atoms with Crippen LogP contribution in [0.5, 0.6) is 0 Å². The minimum atomic E-state index is -0.311. The third-order valence-corrected chi connectivity index (χ3v) is 7.01. The number of hydrogen-bond donors (Lipinski definition) is 0. The van der Waals surface area contributed by atoms with E-state index >= 15 is 0 Å². The van der Waals surface area contributed by atoms with Gasteiger partial charge in [0.2, 0.25) is 0 Å². The lowest BCUT2D eigenvalue weighted by molar-refractivity contribution is -0.122. The van der Waals surface area contributed by atoms with E-state index in [1.165, 1.54) is 34.7 Å². The zero-order valence-electron chi connectivity index (χ0n) is 19.2. The van der Waals surface area contributed by atoms with E-state index in [0.29, 0.717) is 22.3 Å². The fraction of sp³-hybridized carbons (Fsp3) is 0.143. The second kappa shape index (κ2) is 8.95. The largest absolute Gasteiger partial charge is 0.318 e. The van der Waals surface area contributed by atoms with Gasteiger partial charge in [0.05, 0.1) is 10.6 Å². The molecule has 0 saturated carbocycles. The van der Waals surface area contributed by atoms with Gasteiger partial charge in [-0.15, -0.1) is 0 Å². The van der Waals surface area contributed by atoms with Crippen molar-refractivity contribution in [2.45, 2.75) is 20.8 Å². The topological polar surface area (TPSA) is 37.6 Å². The van der Waals surface area contributed by atoms with Crippen molar-refractivity contribution in [3.05, 3.63) is 100 Å². The van der Waals surface area contributed by atoms with E-state index in [9.17, 15) is 9.18 Å².